The van der Waals surface area contributed by atoms with E-state index in [9.17, 15) is 9.18 Å². The summed E-state index contributed by atoms with van der Waals surface area (Å²) in [7, 11) is 0. The molecule has 164 valence electrons. The zero-order valence-electron chi connectivity index (χ0n) is 17.9. The number of aromatic nitrogens is 5. The van der Waals surface area contributed by atoms with Crippen LogP contribution in [0.5, 0.6) is 0 Å². The Kier molecular flexibility index (Phi) is 5.08. The first-order chi connectivity index (χ1) is 15.5. The van der Waals surface area contributed by atoms with Gasteiger partial charge in [0, 0.05) is 31.5 Å². The Bertz CT molecular complexity index is 1260. The van der Waals surface area contributed by atoms with E-state index in [4.69, 9.17) is 4.98 Å². The molecular formula is C23H24FN7O. The second kappa shape index (κ2) is 8.07. The van der Waals surface area contributed by atoms with Crippen molar-refractivity contribution in [3.05, 3.63) is 72.5 Å². The van der Waals surface area contributed by atoms with Crippen LogP contribution in [0.3, 0.4) is 0 Å². The van der Waals surface area contributed by atoms with Gasteiger partial charge in [-0.3, -0.25) is 4.79 Å². The van der Waals surface area contributed by atoms with Crippen LogP contribution < -0.4 is 10.2 Å². The highest BCUT2D eigenvalue weighted by molar-refractivity contribution is 5.90. The maximum atomic E-state index is 13.1. The quantitative estimate of drug-likeness (QED) is 0.523. The van der Waals surface area contributed by atoms with Crippen molar-refractivity contribution in [2.45, 2.75) is 32.2 Å². The fourth-order valence-electron chi connectivity index (χ4n) is 3.96. The number of hydrogen-bond acceptors (Lipinski definition) is 5. The summed E-state index contributed by atoms with van der Waals surface area (Å²) in [4.78, 5) is 24.0. The molecule has 1 fully saturated rings. The molecule has 9 heteroatoms. The summed E-state index contributed by atoms with van der Waals surface area (Å²) in [6, 6.07) is 9.90. The Morgan fingerprint density at radius 2 is 2.03 bits per heavy atom. The summed E-state index contributed by atoms with van der Waals surface area (Å²) in [5.41, 5.74) is 2.73. The van der Waals surface area contributed by atoms with Crippen molar-refractivity contribution < 1.29 is 9.18 Å². The number of nitrogens with one attached hydrogen (secondary N) is 1. The van der Waals surface area contributed by atoms with Crippen LogP contribution in [0.25, 0.3) is 11.2 Å². The molecule has 1 N–H and O–H groups in total. The van der Waals surface area contributed by atoms with E-state index >= 15 is 0 Å². The first-order valence-electron chi connectivity index (χ1n) is 10.7. The maximum absolute atomic E-state index is 13.1. The molecule has 0 radical (unpaired) electrons. The molecular weight excluding hydrogens is 409 g/mol. The third kappa shape index (κ3) is 3.81. The number of hydrogen-bond donors (Lipinski definition) is 1. The van der Waals surface area contributed by atoms with Crippen LogP contribution in [0.2, 0.25) is 0 Å². The van der Waals surface area contributed by atoms with Gasteiger partial charge in [-0.05, 0) is 48.7 Å². The summed E-state index contributed by atoms with van der Waals surface area (Å²) in [6.45, 7) is 5.73. The third-order valence-corrected chi connectivity index (χ3v) is 5.72. The molecule has 8 nitrogen and oxygen atoms in total. The highest BCUT2D eigenvalue weighted by atomic mass is 19.1. The van der Waals surface area contributed by atoms with Gasteiger partial charge in [0.2, 0.25) is 5.82 Å². The van der Waals surface area contributed by atoms with Gasteiger partial charge in [0.05, 0.1) is 16.9 Å². The van der Waals surface area contributed by atoms with E-state index in [0.29, 0.717) is 18.2 Å². The minimum atomic E-state index is -0.330. The van der Waals surface area contributed by atoms with Crippen molar-refractivity contribution in [1.29, 1.82) is 0 Å². The summed E-state index contributed by atoms with van der Waals surface area (Å²) in [5.74, 6) is 0.692. The Morgan fingerprint density at radius 3 is 2.81 bits per heavy atom. The molecule has 4 heterocycles. The minimum Gasteiger partial charge on any atom is -0.353 e. The van der Waals surface area contributed by atoms with Crippen LogP contribution >= 0.6 is 0 Å². The van der Waals surface area contributed by atoms with Crippen LogP contribution in [0.1, 0.15) is 42.5 Å². The summed E-state index contributed by atoms with van der Waals surface area (Å²) in [6.07, 6.45) is 6.37. The van der Waals surface area contributed by atoms with Gasteiger partial charge >= 0.3 is 0 Å². The van der Waals surface area contributed by atoms with Gasteiger partial charge in [-0.15, -0.1) is 5.10 Å². The summed E-state index contributed by atoms with van der Waals surface area (Å²) in [5, 5.41) is 7.27. The minimum absolute atomic E-state index is 0.0280. The lowest BCUT2D eigenvalue weighted by Gasteiger charge is -2.21. The number of benzene rings is 1. The number of fused-ring (bicyclic) bond motifs is 1. The number of nitrogens with zero attached hydrogens (tertiary/aromatic N) is 6. The zero-order valence-corrected chi connectivity index (χ0v) is 17.9. The molecule has 0 bridgehead atoms. The number of rotatable bonds is 5. The van der Waals surface area contributed by atoms with Crippen molar-refractivity contribution in [2.75, 3.05) is 18.0 Å². The number of anilines is 1. The average Bonchev–Trinajstić information content (AvgIpc) is 3.54. The van der Waals surface area contributed by atoms with Gasteiger partial charge in [0.15, 0.2) is 5.82 Å². The molecule has 1 aromatic carbocycles. The molecule has 1 unspecified atom stereocenters. The number of carbonyl (C=O) groups excluding carboxylic acids is 1. The van der Waals surface area contributed by atoms with Gasteiger partial charge in [0.1, 0.15) is 12.1 Å². The molecule has 0 spiro atoms. The average molecular weight is 433 g/mol. The largest absolute Gasteiger partial charge is 0.353 e. The second-order valence-electron chi connectivity index (χ2n) is 8.34. The normalized spacial score (nSPS) is 16.2. The molecule has 0 aliphatic carbocycles. The van der Waals surface area contributed by atoms with E-state index in [2.05, 4.69) is 50.8 Å². The molecule has 1 amide bonds. The topological polar surface area (TPSA) is 80.4 Å². The first kappa shape index (κ1) is 20.2. The monoisotopic (exact) mass is 433 g/mol. The predicted molar refractivity (Wildman–Crippen MR) is 119 cm³/mol. The molecule has 1 aliphatic rings. The lowest BCUT2D eigenvalue weighted by molar-refractivity contribution is 0.0930. The van der Waals surface area contributed by atoms with Crippen molar-refractivity contribution in [2.24, 2.45) is 0 Å². The molecule has 4 aromatic rings. The van der Waals surface area contributed by atoms with Crippen LogP contribution in [-0.4, -0.2) is 49.2 Å². The van der Waals surface area contributed by atoms with Crippen molar-refractivity contribution >= 4 is 17.2 Å². The Labute approximate surface area is 184 Å². The fraction of sp³-hybridized carbons (Fsp3) is 0.304. The number of halogens is 1. The van der Waals surface area contributed by atoms with E-state index in [0.717, 1.165) is 30.0 Å². The summed E-state index contributed by atoms with van der Waals surface area (Å²) < 4.78 is 16.7. The van der Waals surface area contributed by atoms with E-state index in [1.54, 1.807) is 12.1 Å². The van der Waals surface area contributed by atoms with Crippen LogP contribution in [0.15, 0.2) is 55.1 Å². The van der Waals surface area contributed by atoms with Crippen molar-refractivity contribution in [1.82, 2.24) is 29.5 Å². The van der Waals surface area contributed by atoms with Gasteiger partial charge in [-0.25, -0.2) is 19.0 Å². The number of amides is 1. The van der Waals surface area contributed by atoms with Crippen LogP contribution in [0, 0.1) is 5.82 Å². The Morgan fingerprint density at radius 1 is 1.22 bits per heavy atom. The van der Waals surface area contributed by atoms with Gasteiger partial charge in [-0.2, -0.15) is 0 Å². The molecule has 32 heavy (non-hydrogen) atoms. The van der Waals surface area contributed by atoms with Crippen molar-refractivity contribution in [3.8, 4) is 5.69 Å². The highest BCUT2D eigenvalue weighted by Gasteiger charge is 2.28. The SMILES string of the molecule is CC(C)c1cn2cccc2c(N2CCC(NC(=O)c3ncn(-c4ccc(F)cc4)n3)C2)n1. The Balaban J connectivity index is 1.29. The highest BCUT2D eigenvalue weighted by Crippen LogP contribution is 2.26. The van der Waals surface area contributed by atoms with Crippen molar-refractivity contribution in [3.63, 3.8) is 0 Å². The predicted octanol–water partition coefficient (Wildman–Crippen LogP) is 3.19. The van der Waals surface area contributed by atoms with Crippen LogP contribution in [-0.2, 0) is 0 Å². The third-order valence-electron chi connectivity index (χ3n) is 5.72. The molecule has 1 saturated heterocycles. The van der Waals surface area contributed by atoms with E-state index in [1.165, 1.54) is 23.1 Å². The summed E-state index contributed by atoms with van der Waals surface area (Å²) >= 11 is 0. The van der Waals surface area contributed by atoms with Crippen LogP contribution in [0.4, 0.5) is 10.2 Å². The smallest absolute Gasteiger partial charge is 0.291 e. The molecule has 5 rings (SSSR count). The molecule has 0 saturated carbocycles. The second-order valence-corrected chi connectivity index (χ2v) is 8.34. The Hall–Kier alpha value is -3.75. The maximum Gasteiger partial charge on any atom is 0.291 e. The van der Waals surface area contributed by atoms with Gasteiger partial charge in [-0.1, -0.05) is 13.8 Å². The molecule has 1 atom stereocenters. The van der Waals surface area contributed by atoms with Gasteiger partial charge < -0.3 is 14.6 Å². The molecule has 1 aliphatic heterocycles. The van der Waals surface area contributed by atoms with Gasteiger partial charge in [0.25, 0.3) is 5.91 Å². The standard InChI is InChI=1S/C23H24FN7O/c1-15(2)19-13-29-10-3-4-20(29)22(27-19)30-11-9-17(12-30)26-23(32)21-25-14-31(28-21)18-7-5-16(24)6-8-18/h3-8,10,13-15,17H,9,11-12H2,1-2H3,(H,26,32). The lowest BCUT2D eigenvalue weighted by Crippen LogP contribution is -2.37. The lowest BCUT2D eigenvalue weighted by atomic mass is 10.1. The zero-order chi connectivity index (χ0) is 22.2. The number of carbonyl (C=O) groups is 1. The molecule has 3 aromatic heterocycles. The van der Waals surface area contributed by atoms with E-state index < -0.39 is 0 Å². The fourth-order valence-corrected chi connectivity index (χ4v) is 3.96. The van der Waals surface area contributed by atoms with E-state index in [-0.39, 0.29) is 23.6 Å². The first-order valence-corrected chi connectivity index (χ1v) is 10.7. The van der Waals surface area contributed by atoms with E-state index in [1.807, 2.05) is 12.3 Å².